The number of hydrogen-bond acceptors (Lipinski definition) is 4. The number of piperidine rings is 1. The topological polar surface area (TPSA) is 61.9 Å². The summed E-state index contributed by atoms with van der Waals surface area (Å²) in [5.41, 5.74) is 2.89. The molecule has 0 unspecified atom stereocenters. The number of nitrogens with one attached hydrogen (secondary N) is 1. The van der Waals surface area contributed by atoms with E-state index in [1.807, 2.05) is 42.5 Å². The van der Waals surface area contributed by atoms with Crippen LogP contribution in [0.1, 0.15) is 65.2 Å². The lowest BCUT2D eigenvalue weighted by Gasteiger charge is -2.42. The highest BCUT2D eigenvalue weighted by atomic mass is 19.1. The molecule has 0 saturated carbocycles. The molecule has 7 heteroatoms. The summed E-state index contributed by atoms with van der Waals surface area (Å²) in [7, 11) is 1.61. The van der Waals surface area contributed by atoms with Crippen LogP contribution in [0.4, 0.5) is 4.39 Å². The van der Waals surface area contributed by atoms with Gasteiger partial charge in [0.1, 0.15) is 11.6 Å². The van der Waals surface area contributed by atoms with Gasteiger partial charge in [-0.1, -0.05) is 49.4 Å². The molecule has 5 rings (SSSR count). The third-order valence-corrected chi connectivity index (χ3v) is 8.27. The normalized spacial score (nSPS) is 19.8. The summed E-state index contributed by atoms with van der Waals surface area (Å²) in [5.74, 6) is 0.309. The number of amides is 2. The first kappa shape index (κ1) is 27.8. The Balaban J connectivity index is 1.43. The molecule has 0 aliphatic carbocycles. The van der Waals surface area contributed by atoms with E-state index in [4.69, 9.17) is 4.74 Å². The van der Waals surface area contributed by atoms with Crippen LogP contribution < -0.4 is 10.1 Å². The Bertz CT molecular complexity index is 1300. The molecule has 2 aliphatic heterocycles. The third kappa shape index (κ3) is 6.20. The molecule has 1 N–H and O–H groups in total. The van der Waals surface area contributed by atoms with Crippen LogP contribution >= 0.6 is 0 Å². The minimum Gasteiger partial charge on any atom is -0.497 e. The molecule has 40 heavy (non-hydrogen) atoms. The zero-order valence-electron chi connectivity index (χ0n) is 23.3. The fourth-order valence-corrected chi connectivity index (χ4v) is 5.92. The van der Waals surface area contributed by atoms with Gasteiger partial charge >= 0.3 is 0 Å². The van der Waals surface area contributed by atoms with Gasteiger partial charge in [-0.05, 0) is 91.8 Å². The van der Waals surface area contributed by atoms with Gasteiger partial charge in [-0.25, -0.2) is 4.39 Å². The molecule has 1 fully saturated rings. The van der Waals surface area contributed by atoms with Crippen molar-refractivity contribution in [3.05, 3.63) is 101 Å². The average molecular weight is 544 g/mol. The maximum absolute atomic E-state index is 14.0. The van der Waals surface area contributed by atoms with Crippen molar-refractivity contribution in [2.45, 2.75) is 44.7 Å². The highest BCUT2D eigenvalue weighted by Crippen LogP contribution is 2.44. The van der Waals surface area contributed by atoms with Crippen LogP contribution in [-0.2, 0) is 11.3 Å². The van der Waals surface area contributed by atoms with Gasteiger partial charge < -0.3 is 19.9 Å². The maximum atomic E-state index is 14.0. The second-order valence-corrected chi connectivity index (χ2v) is 11.0. The van der Waals surface area contributed by atoms with Crippen molar-refractivity contribution in [3.8, 4) is 5.75 Å². The highest BCUT2D eigenvalue weighted by molar-refractivity contribution is 6.01. The number of rotatable bonds is 9. The second-order valence-electron chi connectivity index (χ2n) is 11.0. The first-order valence-electron chi connectivity index (χ1n) is 14.2. The Morgan fingerprint density at radius 1 is 1.00 bits per heavy atom. The standard InChI is InChI=1S/C33H38FN3O3/c1-23-16-20-36(21-17-23)19-5-18-35-32(38)30-28-6-3-4-7-29(28)33(39)37(22-24-8-12-26(34)13-9-24)31(30)25-10-14-27(40-2)15-11-25/h3-4,6-15,23,30-31H,5,16-22H2,1-2H3,(H,35,38)/t30-,31+/m1/s1. The van der Waals surface area contributed by atoms with E-state index >= 15 is 0 Å². The van der Waals surface area contributed by atoms with E-state index in [1.165, 1.54) is 25.0 Å². The van der Waals surface area contributed by atoms with Crippen LogP contribution in [0.5, 0.6) is 5.75 Å². The third-order valence-electron chi connectivity index (χ3n) is 8.27. The van der Waals surface area contributed by atoms with E-state index in [2.05, 4.69) is 17.1 Å². The van der Waals surface area contributed by atoms with Gasteiger partial charge in [0.05, 0.1) is 19.1 Å². The van der Waals surface area contributed by atoms with Crippen molar-refractivity contribution < 1.29 is 18.7 Å². The van der Waals surface area contributed by atoms with Gasteiger partial charge in [0.15, 0.2) is 0 Å². The Labute approximate surface area is 236 Å². The summed E-state index contributed by atoms with van der Waals surface area (Å²) >= 11 is 0. The summed E-state index contributed by atoms with van der Waals surface area (Å²) in [6.45, 7) is 6.33. The van der Waals surface area contributed by atoms with E-state index in [0.717, 1.165) is 48.7 Å². The smallest absolute Gasteiger partial charge is 0.255 e. The van der Waals surface area contributed by atoms with Crippen LogP contribution in [-0.4, -0.2) is 54.9 Å². The molecule has 1 saturated heterocycles. The highest BCUT2D eigenvalue weighted by Gasteiger charge is 2.44. The quantitative estimate of drug-likeness (QED) is 0.360. The minimum absolute atomic E-state index is 0.0999. The van der Waals surface area contributed by atoms with Gasteiger partial charge in [-0.3, -0.25) is 9.59 Å². The van der Waals surface area contributed by atoms with Gasteiger partial charge in [0.25, 0.3) is 5.91 Å². The van der Waals surface area contributed by atoms with Gasteiger partial charge in [0, 0.05) is 18.7 Å². The molecule has 3 aromatic rings. The number of nitrogens with zero attached hydrogens (tertiary/aromatic N) is 2. The molecule has 0 aromatic heterocycles. The Morgan fingerprint density at radius 3 is 2.40 bits per heavy atom. The predicted octanol–water partition coefficient (Wildman–Crippen LogP) is 5.55. The summed E-state index contributed by atoms with van der Waals surface area (Å²) < 4.78 is 19.0. The SMILES string of the molecule is COc1ccc([C@H]2[C@H](C(=O)NCCCN3CCC(C)CC3)c3ccccc3C(=O)N2Cc2ccc(F)cc2)cc1. The lowest BCUT2D eigenvalue weighted by atomic mass is 9.79. The summed E-state index contributed by atoms with van der Waals surface area (Å²) in [4.78, 5) is 32.1. The zero-order valence-corrected chi connectivity index (χ0v) is 23.3. The van der Waals surface area contributed by atoms with Gasteiger partial charge in [-0.2, -0.15) is 0 Å². The molecule has 6 nitrogen and oxygen atoms in total. The molecule has 2 amide bonds. The number of ether oxygens (including phenoxy) is 1. The number of halogens is 1. The Kier molecular flexibility index (Phi) is 8.80. The van der Waals surface area contributed by atoms with E-state index in [-0.39, 0.29) is 24.2 Å². The second kappa shape index (κ2) is 12.6. The van der Waals surface area contributed by atoms with Crippen molar-refractivity contribution in [2.75, 3.05) is 33.3 Å². The van der Waals surface area contributed by atoms with Gasteiger partial charge in [0.2, 0.25) is 5.91 Å². The van der Waals surface area contributed by atoms with Crippen LogP contribution in [0.3, 0.4) is 0 Å². The summed E-state index contributed by atoms with van der Waals surface area (Å²) in [5, 5.41) is 3.19. The molecule has 3 aromatic carbocycles. The van der Waals surface area contributed by atoms with Gasteiger partial charge in [-0.15, -0.1) is 0 Å². The van der Waals surface area contributed by atoms with Crippen molar-refractivity contribution in [2.24, 2.45) is 5.92 Å². The number of methoxy groups -OCH3 is 1. The number of fused-ring (bicyclic) bond motifs is 1. The number of carbonyl (C=O) groups excluding carboxylic acids is 2. The molecule has 0 spiro atoms. The first-order chi connectivity index (χ1) is 19.4. The minimum atomic E-state index is -0.599. The molecule has 2 aliphatic rings. The van der Waals surface area contributed by atoms with Crippen molar-refractivity contribution in [3.63, 3.8) is 0 Å². The van der Waals surface area contributed by atoms with Crippen LogP contribution in [0.15, 0.2) is 72.8 Å². The van der Waals surface area contributed by atoms with Crippen molar-refractivity contribution >= 4 is 11.8 Å². The summed E-state index contributed by atoms with van der Waals surface area (Å²) in [6, 6.07) is 20.5. The van der Waals surface area contributed by atoms with Crippen molar-refractivity contribution in [1.82, 2.24) is 15.1 Å². The Morgan fingerprint density at radius 2 is 1.70 bits per heavy atom. The van der Waals surface area contributed by atoms with E-state index in [0.29, 0.717) is 17.9 Å². The van der Waals surface area contributed by atoms with Crippen LogP contribution in [0.25, 0.3) is 0 Å². The van der Waals surface area contributed by atoms with E-state index in [1.54, 1.807) is 30.2 Å². The molecular formula is C33H38FN3O3. The lowest BCUT2D eigenvalue weighted by molar-refractivity contribution is -0.124. The van der Waals surface area contributed by atoms with E-state index in [9.17, 15) is 14.0 Å². The fourth-order valence-electron chi connectivity index (χ4n) is 5.92. The van der Waals surface area contributed by atoms with Crippen molar-refractivity contribution in [1.29, 1.82) is 0 Å². The fraction of sp³-hybridized carbons (Fsp3) is 0.394. The van der Waals surface area contributed by atoms with Crippen LogP contribution in [0.2, 0.25) is 0 Å². The van der Waals surface area contributed by atoms with Crippen LogP contribution in [0, 0.1) is 11.7 Å². The molecule has 210 valence electrons. The number of carbonyl (C=O) groups is 2. The monoisotopic (exact) mass is 543 g/mol. The lowest BCUT2D eigenvalue weighted by Crippen LogP contribution is -2.47. The molecule has 0 radical (unpaired) electrons. The number of benzene rings is 3. The molecule has 0 bridgehead atoms. The Hall–Kier alpha value is -3.71. The zero-order chi connectivity index (χ0) is 28.1. The largest absolute Gasteiger partial charge is 0.497 e. The maximum Gasteiger partial charge on any atom is 0.255 e. The first-order valence-corrected chi connectivity index (χ1v) is 14.2. The molecule has 2 atom stereocenters. The molecular weight excluding hydrogens is 505 g/mol. The number of hydrogen-bond donors (Lipinski definition) is 1. The molecule has 2 heterocycles. The number of likely N-dealkylation sites (tertiary alicyclic amines) is 1. The van der Waals surface area contributed by atoms with E-state index < -0.39 is 12.0 Å². The summed E-state index contributed by atoms with van der Waals surface area (Å²) in [6.07, 6.45) is 3.33. The predicted molar refractivity (Wildman–Crippen MR) is 154 cm³/mol. The average Bonchev–Trinajstić information content (AvgIpc) is 2.98.